The van der Waals surface area contributed by atoms with Crippen LogP contribution in [-0.2, 0) is 9.59 Å². The topological polar surface area (TPSA) is 149 Å². The highest BCUT2D eigenvalue weighted by Crippen LogP contribution is 2.39. The van der Waals surface area contributed by atoms with Gasteiger partial charge in [-0.3, -0.25) is 19.2 Å². The fourth-order valence-corrected chi connectivity index (χ4v) is 7.74. The molecule has 0 saturated carbocycles. The fraction of sp³-hybridized carbons (Fsp3) is 0.0682. The number of nitriles is 1. The molecule has 278 valence electrons. The molecule has 0 saturated heterocycles. The van der Waals surface area contributed by atoms with E-state index in [1.54, 1.807) is 110 Å². The van der Waals surface area contributed by atoms with Gasteiger partial charge in [-0.15, -0.1) is 23.1 Å². The summed E-state index contributed by atoms with van der Waals surface area (Å²) in [4.78, 5) is 55.3. The largest absolute Gasteiger partial charge is 0.496 e. The Morgan fingerprint density at radius 3 is 2.09 bits per heavy atom. The number of rotatable bonds is 13. The van der Waals surface area contributed by atoms with Crippen molar-refractivity contribution in [2.24, 2.45) is 0 Å². The van der Waals surface area contributed by atoms with Gasteiger partial charge in [0.15, 0.2) is 0 Å². The Bertz CT molecular complexity index is 2450. The molecule has 12 heteroatoms. The molecular weight excluding hydrogens is 743 g/mol. The molecule has 4 amide bonds. The van der Waals surface area contributed by atoms with Crippen molar-refractivity contribution in [1.29, 1.82) is 5.26 Å². The Morgan fingerprint density at radius 2 is 1.39 bits per heavy atom. The van der Waals surface area contributed by atoms with Crippen LogP contribution in [0.5, 0.6) is 5.75 Å². The maximum atomic E-state index is 14.1. The number of amides is 4. The van der Waals surface area contributed by atoms with Crippen molar-refractivity contribution >= 4 is 69.2 Å². The van der Waals surface area contributed by atoms with Crippen LogP contribution in [0, 0.1) is 18.3 Å². The second-order valence-electron chi connectivity index (χ2n) is 12.2. The van der Waals surface area contributed by atoms with Crippen LogP contribution >= 0.6 is 23.1 Å². The Kier molecular flexibility index (Phi) is 12.7. The van der Waals surface area contributed by atoms with Gasteiger partial charge in [0, 0.05) is 27.4 Å². The van der Waals surface area contributed by atoms with E-state index in [1.807, 2.05) is 42.5 Å². The first-order valence-corrected chi connectivity index (χ1v) is 19.0. The Balaban J connectivity index is 1.24. The first kappa shape index (κ1) is 38.8. The number of methoxy groups -OCH3 is 1. The molecule has 6 aromatic rings. The van der Waals surface area contributed by atoms with Gasteiger partial charge in [0.2, 0.25) is 5.91 Å². The van der Waals surface area contributed by atoms with Crippen molar-refractivity contribution < 1.29 is 23.9 Å². The van der Waals surface area contributed by atoms with E-state index in [0.29, 0.717) is 49.2 Å². The molecule has 0 bridgehead atoms. The van der Waals surface area contributed by atoms with Crippen LogP contribution < -0.4 is 26.0 Å². The zero-order chi connectivity index (χ0) is 39.4. The summed E-state index contributed by atoms with van der Waals surface area (Å²) in [5, 5.41) is 20.9. The first-order valence-electron chi connectivity index (χ1n) is 17.3. The number of ether oxygens (including phenoxy) is 1. The lowest BCUT2D eigenvalue weighted by Gasteiger charge is -2.17. The summed E-state index contributed by atoms with van der Waals surface area (Å²) in [6.45, 7) is 1.68. The van der Waals surface area contributed by atoms with Gasteiger partial charge < -0.3 is 26.0 Å². The molecule has 1 unspecified atom stereocenters. The van der Waals surface area contributed by atoms with Gasteiger partial charge >= 0.3 is 0 Å². The van der Waals surface area contributed by atoms with Gasteiger partial charge in [-0.2, -0.15) is 5.26 Å². The van der Waals surface area contributed by atoms with E-state index in [0.717, 1.165) is 11.3 Å². The molecule has 0 aliphatic carbocycles. The van der Waals surface area contributed by atoms with Crippen LogP contribution in [0.1, 0.15) is 47.5 Å². The summed E-state index contributed by atoms with van der Waals surface area (Å²) >= 11 is 2.28. The van der Waals surface area contributed by atoms with E-state index < -0.39 is 23.0 Å². The van der Waals surface area contributed by atoms with Crippen LogP contribution in [0.4, 0.5) is 16.4 Å². The standard InChI is InChI=1S/C44H35N5O5S2/c1-28-35(27-45)44(56-38(28)42(52)46-32-20-10-5-11-21-32)49-43(53)39(29-15-6-3-7-16-29)55-34-23-14-22-33(26-34)47-41(51)36(25-31-19-12-13-24-37(31)54-2)48-40(50)30-17-8-4-9-18-30/h3-26,39H,1-2H3,(H,46,52)(H,47,51)(H,48,50)(H,49,53)/b36-25+. The van der Waals surface area contributed by atoms with Gasteiger partial charge in [-0.25, -0.2) is 0 Å². The molecule has 1 aromatic heterocycles. The smallest absolute Gasteiger partial charge is 0.272 e. The second kappa shape index (κ2) is 18.4. The highest BCUT2D eigenvalue weighted by Gasteiger charge is 2.27. The number of nitrogens with zero attached hydrogens (tertiary/aromatic N) is 1. The average molecular weight is 778 g/mol. The molecule has 1 atom stereocenters. The summed E-state index contributed by atoms with van der Waals surface area (Å²) in [5.41, 5.74) is 3.34. The number of carbonyl (C=O) groups is 4. The molecule has 10 nitrogen and oxygen atoms in total. The van der Waals surface area contributed by atoms with Crippen molar-refractivity contribution in [3.8, 4) is 11.8 Å². The number of anilines is 3. The zero-order valence-corrected chi connectivity index (χ0v) is 31.9. The summed E-state index contributed by atoms with van der Waals surface area (Å²) in [5.74, 6) is -1.32. The van der Waals surface area contributed by atoms with E-state index in [-0.39, 0.29) is 22.2 Å². The van der Waals surface area contributed by atoms with E-state index >= 15 is 0 Å². The number of thiophene rings is 1. The molecule has 1 heterocycles. The monoisotopic (exact) mass is 777 g/mol. The van der Waals surface area contributed by atoms with Gasteiger partial charge in [0.1, 0.15) is 27.8 Å². The minimum Gasteiger partial charge on any atom is -0.496 e. The molecule has 0 radical (unpaired) electrons. The van der Waals surface area contributed by atoms with Gasteiger partial charge in [0.05, 0.1) is 17.6 Å². The molecule has 5 aromatic carbocycles. The normalized spacial score (nSPS) is 11.4. The highest BCUT2D eigenvalue weighted by molar-refractivity contribution is 8.00. The molecule has 56 heavy (non-hydrogen) atoms. The van der Waals surface area contributed by atoms with Crippen LogP contribution in [0.3, 0.4) is 0 Å². The van der Waals surface area contributed by atoms with Crippen LogP contribution in [0.25, 0.3) is 6.08 Å². The lowest BCUT2D eigenvalue weighted by atomic mass is 10.1. The summed E-state index contributed by atoms with van der Waals surface area (Å²) < 4.78 is 5.47. The van der Waals surface area contributed by atoms with Crippen molar-refractivity contribution in [3.05, 3.63) is 178 Å². The highest BCUT2D eigenvalue weighted by atomic mass is 32.2. The Hall–Kier alpha value is -6.94. The second-order valence-corrected chi connectivity index (χ2v) is 14.4. The maximum absolute atomic E-state index is 14.1. The lowest BCUT2D eigenvalue weighted by molar-refractivity contribution is -0.116. The number of nitrogens with one attached hydrogen (secondary N) is 4. The fourth-order valence-electron chi connectivity index (χ4n) is 5.61. The van der Waals surface area contributed by atoms with Gasteiger partial charge in [-0.1, -0.05) is 91.0 Å². The summed E-state index contributed by atoms with van der Waals surface area (Å²) in [6, 6.07) is 43.0. The van der Waals surface area contributed by atoms with Crippen LogP contribution in [0.15, 0.2) is 150 Å². The third kappa shape index (κ3) is 9.58. The Morgan fingerprint density at radius 1 is 0.750 bits per heavy atom. The molecule has 6 rings (SSSR count). The van der Waals surface area contributed by atoms with Crippen LogP contribution in [0.2, 0.25) is 0 Å². The summed E-state index contributed by atoms with van der Waals surface area (Å²) in [6.07, 6.45) is 1.54. The lowest BCUT2D eigenvalue weighted by Crippen LogP contribution is -2.30. The molecule has 4 N–H and O–H groups in total. The minimum atomic E-state index is -0.788. The molecule has 0 spiro atoms. The predicted molar refractivity (Wildman–Crippen MR) is 222 cm³/mol. The predicted octanol–water partition coefficient (Wildman–Crippen LogP) is 9.07. The zero-order valence-electron chi connectivity index (χ0n) is 30.2. The molecular formula is C44H35N5O5S2. The maximum Gasteiger partial charge on any atom is 0.272 e. The van der Waals surface area contributed by atoms with Gasteiger partial charge in [-0.05, 0) is 72.7 Å². The van der Waals surface area contributed by atoms with Crippen molar-refractivity contribution in [2.45, 2.75) is 17.1 Å². The molecule has 0 aliphatic rings. The quantitative estimate of drug-likeness (QED) is 0.0675. The van der Waals surface area contributed by atoms with Crippen molar-refractivity contribution in [1.82, 2.24) is 5.32 Å². The SMILES string of the molecule is COc1ccccc1/C=C(/NC(=O)c1ccccc1)C(=O)Nc1cccc(SC(C(=O)Nc2sc(C(=O)Nc3ccccc3)c(C)c2C#N)c2ccccc2)c1. The first-order chi connectivity index (χ1) is 27.2. The van der Waals surface area contributed by atoms with E-state index in [4.69, 9.17) is 4.74 Å². The third-order valence-corrected chi connectivity index (χ3v) is 10.8. The number of para-hydroxylation sites is 2. The number of carbonyl (C=O) groups excluding carboxylic acids is 4. The molecule has 0 fully saturated rings. The van der Waals surface area contributed by atoms with Crippen LogP contribution in [-0.4, -0.2) is 30.7 Å². The number of thioether (sulfide) groups is 1. The van der Waals surface area contributed by atoms with E-state index in [2.05, 4.69) is 27.3 Å². The summed E-state index contributed by atoms with van der Waals surface area (Å²) in [7, 11) is 1.52. The van der Waals surface area contributed by atoms with Gasteiger partial charge in [0.25, 0.3) is 17.7 Å². The Labute approximate surface area is 332 Å². The number of hydrogen-bond acceptors (Lipinski definition) is 8. The average Bonchev–Trinajstić information content (AvgIpc) is 3.54. The van der Waals surface area contributed by atoms with Crippen molar-refractivity contribution in [3.63, 3.8) is 0 Å². The van der Waals surface area contributed by atoms with E-state index in [1.165, 1.54) is 18.9 Å². The minimum absolute atomic E-state index is 0.0145. The van der Waals surface area contributed by atoms with E-state index in [9.17, 15) is 24.4 Å². The third-order valence-electron chi connectivity index (χ3n) is 8.39. The van der Waals surface area contributed by atoms with Crippen molar-refractivity contribution in [2.75, 3.05) is 23.1 Å². The number of benzene rings is 5. The molecule has 0 aliphatic heterocycles. The number of hydrogen-bond donors (Lipinski definition) is 4.